The fraction of sp³-hybridized carbons (Fsp3) is 1.00. The SMILES string of the molecule is CCC(C)O[1CH3]. The monoisotopic (exact) mass is 77.1 g/mol. The van der Waals surface area contributed by atoms with Crippen LogP contribution in [0.1, 0.15) is 20.3 Å². The molecule has 0 radical (unpaired) electrons. The van der Waals surface area contributed by atoms with Gasteiger partial charge in [0.15, 0.2) is 0 Å². The van der Waals surface area contributed by atoms with E-state index >= 15 is 0 Å². The van der Waals surface area contributed by atoms with Crippen LogP contribution in [-0.4, -0.2) is 13.2 Å². The summed E-state index contributed by atoms with van der Waals surface area (Å²) in [5, 5.41) is 0. The Kier molecular flexibility index (Phi) is 3.14. The van der Waals surface area contributed by atoms with Crippen molar-refractivity contribution < 1.29 is 4.74 Å². The van der Waals surface area contributed by atoms with Gasteiger partial charge in [-0.2, -0.15) is 0 Å². The molecule has 0 fully saturated rings. The fourth-order valence-corrected chi connectivity index (χ4v) is 0.167. The van der Waals surface area contributed by atoms with Crippen molar-refractivity contribution >= 4 is 0 Å². The summed E-state index contributed by atoms with van der Waals surface area (Å²) in [4.78, 5) is 0. The van der Waals surface area contributed by atoms with Crippen LogP contribution in [-0.2, 0) is 4.74 Å². The highest BCUT2D eigenvalue weighted by atomic mass is 16.3. The molecule has 1 heteroatoms. The molecule has 1 nitrogen and oxygen atoms in total. The first-order valence-corrected chi connectivity index (χ1v) is 2.34. The largest absolute Gasteiger partial charge is 0.382 e. The van der Waals surface area contributed by atoms with E-state index in [9.17, 15) is 0 Å². The van der Waals surface area contributed by atoms with Gasteiger partial charge in [-0.1, -0.05) is 6.92 Å². The van der Waals surface area contributed by atoms with Gasteiger partial charge in [0.25, 0.3) is 0 Å². The van der Waals surface area contributed by atoms with Gasteiger partial charge in [0.1, 0.15) is 0 Å². The van der Waals surface area contributed by atoms with E-state index in [0.29, 0.717) is 6.10 Å². The molecule has 38 valence electrons. The van der Waals surface area contributed by atoms with Crippen LogP contribution in [0.4, 0.5) is 0 Å². The molecule has 0 rings (SSSR count). The molecular formula is C5H12O. The maximum Gasteiger partial charge on any atom is 0.0540 e. The van der Waals surface area contributed by atoms with E-state index < -0.39 is 0 Å². The van der Waals surface area contributed by atoms with Gasteiger partial charge in [0, 0.05) is 7.11 Å². The molecular weight excluding hydrogens is 65.0 g/mol. The van der Waals surface area contributed by atoms with Crippen molar-refractivity contribution in [3.8, 4) is 0 Å². The summed E-state index contributed by atoms with van der Waals surface area (Å²) in [6.07, 6.45) is 1.54. The standard InChI is InChI=1S/C5H12O/c1-4-5(2)6-3/h5H,4H2,1-3H3/i3-11. The Morgan fingerprint density at radius 3 is 2.33 bits per heavy atom. The zero-order chi connectivity index (χ0) is 4.99. The third kappa shape index (κ3) is 2.21. The second kappa shape index (κ2) is 3.16. The second-order valence-electron chi connectivity index (χ2n) is 1.45. The number of hydrogen-bond donors (Lipinski definition) is 0. The summed E-state index contributed by atoms with van der Waals surface area (Å²) in [7, 11) is 1.73. The van der Waals surface area contributed by atoms with Crippen molar-refractivity contribution in [3.05, 3.63) is 0 Å². The second-order valence-corrected chi connectivity index (χ2v) is 1.45. The molecule has 6 heavy (non-hydrogen) atoms. The Bertz CT molecular complexity index is 23.1. The van der Waals surface area contributed by atoms with Crippen molar-refractivity contribution in [2.75, 3.05) is 7.11 Å². The molecule has 1 unspecified atom stereocenters. The van der Waals surface area contributed by atoms with Crippen molar-refractivity contribution in [2.24, 2.45) is 0 Å². The van der Waals surface area contributed by atoms with Gasteiger partial charge in [-0.15, -0.1) is 0 Å². The molecule has 0 aliphatic carbocycles. The van der Waals surface area contributed by atoms with Gasteiger partial charge < -0.3 is 4.74 Å². The first kappa shape index (κ1) is 5.96. The molecule has 0 aliphatic rings. The lowest BCUT2D eigenvalue weighted by atomic mass is 0.933. The maximum atomic E-state index is 4.90. The van der Waals surface area contributed by atoms with E-state index in [4.69, 9.17) is 4.74 Å². The molecule has 0 aromatic carbocycles. The highest BCUT2D eigenvalue weighted by Crippen LogP contribution is 1.89. The first-order valence-electron chi connectivity index (χ1n) is 2.34. The molecule has 0 bridgehead atoms. The highest BCUT2D eigenvalue weighted by molar-refractivity contribution is 4.38. The molecule has 0 saturated carbocycles. The normalized spacial score (nSPS) is 14.5. The van der Waals surface area contributed by atoms with Crippen LogP contribution < -0.4 is 0 Å². The van der Waals surface area contributed by atoms with Crippen LogP contribution in [0.25, 0.3) is 0 Å². The zero-order valence-corrected chi connectivity index (χ0v) is 4.69. The topological polar surface area (TPSA) is 9.23 Å². The lowest BCUT2D eigenvalue weighted by molar-refractivity contribution is 0.115. The van der Waals surface area contributed by atoms with Gasteiger partial charge in [-0.05, 0) is 13.3 Å². The summed E-state index contributed by atoms with van der Waals surface area (Å²) in [5.41, 5.74) is 0. The van der Waals surface area contributed by atoms with Crippen LogP contribution in [0, 0.1) is 0 Å². The van der Waals surface area contributed by atoms with Crippen LogP contribution >= 0.6 is 0 Å². The number of ether oxygens (including phenoxy) is 1. The molecule has 0 heterocycles. The third-order valence-corrected chi connectivity index (χ3v) is 0.977. The minimum absolute atomic E-state index is 0.435. The van der Waals surface area contributed by atoms with Crippen LogP contribution in [0.3, 0.4) is 0 Å². The maximum absolute atomic E-state index is 4.90. The van der Waals surface area contributed by atoms with E-state index in [1.54, 1.807) is 7.11 Å². The smallest absolute Gasteiger partial charge is 0.0540 e. The van der Waals surface area contributed by atoms with E-state index in [-0.39, 0.29) is 0 Å². The molecule has 0 aromatic heterocycles. The molecule has 0 spiro atoms. The number of hydrogen-bond acceptors (Lipinski definition) is 1. The van der Waals surface area contributed by atoms with Crippen molar-refractivity contribution in [2.45, 2.75) is 26.4 Å². The average molecular weight is 77.1 g/mol. The zero-order valence-electron chi connectivity index (χ0n) is 4.69. The Balaban J connectivity index is 2.75. The minimum Gasteiger partial charge on any atom is -0.382 e. The Hall–Kier alpha value is -0.0400. The number of rotatable bonds is 2. The summed E-state index contributed by atoms with van der Waals surface area (Å²) in [5.74, 6) is 0. The van der Waals surface area contributed by atoms with Crippen LogP contribution in [0.2, 0.25) is 0 Å². The number of methoxy groups -OCH3 is 1. The van der Waals surface area contributed by atoms with E-state index in [1.807, 2.05) is 0 Å². The quantitative estimate of drug-likeness (QED) is 0.484. The van der Waals surface area contributed by atoms with Gasteiger partial charge >= 0.3 is 0 Å². The summed E-state index contributed by atoms with van der Waals surface area (Å²) in [6, 6.07) is 0. The van der Waals surface area contributed by atoms with Crippen molar-refractivity contribution in [1.29, 1.82) is 0 Å². The van der Waals surface area contributed by atoms with E-state index in [0.717, 1.165) is 6.42 Å². The third-order valence-electron chi connectivity index (χ3n) is 0.977. The summed E-state index contributed by atoms with van der Waals surface area (Å²) >= 11 is 0. The van der Waals surface area contributed by atoms with E-state index in [1.165, 1.54) is 0 Å². The lowest BCUT2D eigenvalue weighted by Gasteiger charge is -2.01. The molecule has 0 N–H and O–H groups in total. The molecule has 0 saturated heterocycles. The van der Waals surface area contributed by atoms with Crippen molar-refractivity contribution in [1.82, 2.24) is 0 Å². The molecule has 0 aromatic rings. The van der Waals surface area contributed by atoms with Gasteiger partial charge in [0.05, 0.1) is 6.10 Å². The van der Waals surface area contributed by atoms with Gasteiger partial charge in [-0.25, -0.2) is 0 Å². The highest BCUT2D eigenvalue weighted by Gasteiger charge is 1.88. The van der Waals surface area contributed by atoms with Crippen LogP contribution in [0.15, 0.2) is 0 Å². The van der Waals surface area contributed by atoms with Gasteiger partial charge in [-0.3, -0.25) is 0 Å². The Morgan fingerprint density at radius 1 is 1.83 bits per heavy atom. The summed E-state index contributed by atoms with van der Waals surface area (Å²) < 4.78 is 4.90. The average Bonchev–Trinajstić information content (AvgIpc) is 1.65. The fourth-order valence-electron chi connectivity index (χ4n) is 0.167. The molecule has 1 atom stereocenters. The molecule has 0 amide bonds. The first-order chi connectivity index (χ1) is 2.81. The Morgan fingerprint density at radius 2 is 2.33 bits per heavy atom. The molecule has 0 aliphatic heterocycles. The lowest BCUT2D eigenvalue weighted by Crippen LogP contribution is -2.00. The van der Waals surface area contributed by atoms with E-state index in [2.05, 4.69) is 13.8 Å². The summed E-state index contributed by atoms with van der Waals surface area (Å²) in [6.45, 7) is 4.16. The predicted octanol–water partition coefficient (Wildman–Crippen LogP) is 1.43. The Labute approximate surface area is 39.3 Å². The van der Waals surface area contributed by atoms with Crippen molar-refractivity contribution in [3.63, 3.8) is 0 Å². The van der Waals surface area contributed by atoms with Gasteiger partial charge in [0.2, 0.25) is 0 Å². The van der Waals surface area contributed by atoms with Crippen LogP contribution in [0.5, 0.6) is 0 Å². The predicted molar refractivity (Wildman–Crippen MR) is 26.8 cm³/mol. The minimum atomic E-state index is 0.435.